The lowest BCUT2D eigenvalue weighted by molar-refractivity contribution is 0.387. The lowest BCUT2D eigenvalue weighted by atomic mass is 10.2. The molecule has 0 atom stereocenters. The molecule has 1 heterocycles. The molecule has 2 aromatic carbocycles. The van der Waals surface area contributed by atoms with Crippen LogP contribution in [0.15, 0.2) is 30.3 Å². The van der Waals surface area contributed by atoms with Gasteiger partial charge in [-0.1, -0.05) is 17.7 Å². The first-order valence-corrected chi connectivity index (χ1v) is 7.05. The highest BCUT2D eigenvalue weighted by Gasteiger charge is 2.13. The summed E-state index contributed by atoms with van der Waals surface area (Å²) >= 11 is 11.5. The minimum Gasteiger partial charge on any atom is -0.494 e. The number of methoxy groups -OCH3 is 1. The number of rotatable bonds is 2. The first kappa shape index (κ1) is 14.1. The number of nitrogens with one attached hydrogen (secondary N) is 1. The van der Waals surface area contributed by atoms with Crippen LogP contribution in [0.5, 0.6) is 5.75 Å². The Labute approximate surface area is 130 Å². The molecule has 6 heteroatoms. The second-order valence-electron chi connectivity index (χ2n) is 4.65. The van der Waals surface area contributed by atoms with Crippen molar-refractivity contribution in [3.05, 3.63) is 51.5 Å². The molecule has 1 aromatic heterocycles. The Morgan fingerprint density at radius 2 is 2.10 bits per heavy atom. The number of H-pyrrole nitrogens is 1. The van der Waals surface area contributed by atoms with Gasteiger partial charge in [-0.2, -0.15) is 0 Å². The van der Waals surface area contributed by atoms with E-state index in [4.69, 9.17) is 28.6 Å². The van der Waals surface area contributed by atoms with E-state index in [-0.39, 0.29) is 5.75 Å². The van der Waals surface area contributed by atoms with Crippen LogP contribution < -0.4 is 4.74 Å². The molecule has 3 rings (SSSR count). The van der Waals surface area contributed by atoms with Crippen LogP contribution in [0.2, 0.25) is 5.02 Å². The summed E-state index contributed by atoms with van der Waals surface area (Å²) in [5.74, 6) is -0.263. The highest BCUT2D eigenvalue weighted by molar-refractivity contribution is 7.71. The van der Waals surface area contributed by atoms with Crippen LogP contribution in [-0.2, 0) is 0 Å². The molecular formula is C15H12ClFN2OS. The van der Waals surface area contributed by atoms with Crippen LogP contribution in [0.1, 0.15) is 5.56 Å². The van der Waals surface area contributed by atoms with Crippen LogP contribution in [0.25, 0.3) is 16.7 Å². The minimum atomic E-state index is -0.434. The maximum Gasteiger partial charge on any atom is 0.182 e. The van der Waals surface area contributed by atoms with Crippen molar-refractivity contribution < 1.29 is 9.13 Å². The summed E-state index contributed by atoms with van der Waals surface area (Å²) in [6, 6.07) is 8.59. The van der Waals surface area contributed by atoms with E-state index in [9.17, 15) is 4.39 Å². The normalized spacial score (nSPS) is 11.0. The van der Waals surface area contributed by atoms with Crippen molar-refractivity contribution in [3.8, 4) is 11.4 Å². The molecule has 0 aliphatic rings. The lowest BCUT2D eigenvalue weighted by Crippen LogP contribution is -1.98. The smallest absolute Gasteiger partial charge is 0.182 e. The Kier molecular flexibility index (Phi) is 3.47. The average molecular weight is 323 g/mol. The van der Waals surface area contributed by atoms with Crippen LogP contribution in [0.3, 0.4) is 0 Å². The molecule has 0 saturated carbocycles. The Balaban J connectivity index is 2.39. The fraction of sp³-hybridized carbons (Fsp3) is 0.133. The Bertz CT molecular complexity index is 901. The summed E-state index contributed by atoms with van der Waals surface area (Å²) in [4.78, 5) is 3.00. The largest absolute Gasteiger partial charge is 0.494 e. The number of hydrogen-bond donors (Lipinski definition) is 1. The van der Waals surface area contributed by atoms with Gasteiger partial charge in [0, 0.05) is 17.2 Å². The summed E-state index contributed by atoms with van der Waals surface area (Å²) in [7, 11) is 1.43. The topological polar surface area (TPSA) is 29.9 Å². The van der Waals surface area contributed by atoms with Gasteiger partial charge in [-0.3, -0.25) is 4.57 Å². The van der Waals surface area contributed by atoms with Gasteiger partial charge in [0.25, 0.3) is 0 Å². The quantitative estimate of drug-likeness (QED) is 0.687. The molecular weight excluding hydrogens is 311 g/mol. The Morgan fingerprint density at radius 1 is 1.33 bits per heavy atom. The molecule has 0 radical (unpaired) electrons. The van der Waals surface area contributed by atoms with Gasteiger partial charge in [0.2, 0.25) is 0 Å². The molecule has 0 aliphatic heterocycles. The van der Waals surface area contributed by atoms with Gasteiger partial charge < -0.3 is 9.72 Å². The molecule has 0 spiro atoms. The molecule has 0 amide bonds. The molecule has 0 unspecified atom stereocenters. The van der Waals surface area contributed by atoms with Gasteiger partial charge in [0.05, 0.1) is 23.8 Å². The van der Waals surface area contributed by atoms with Crippen LogP contribution in [0, 0.1) is 17.5 Å². The monoisotopic (exact) mass is 322 g/mol. The van der Waals surface area contributed by atoms with Crippen LogP contribution in [-0.4, -0.2) is 16.7 Å². The van der Waals surface area contributed by atoms with Crippen molar-refractivity contribution in [2.45, 2.75) is 6.92 Å². The van der Waals surface area contributed by atoms with E-state index in [2.05, 4.69) is 4.98 Å². The van der Waals surface area contributed by atoms with Crippen molar-refractivity contribution in [1.29, 1.82) is 0 Å². The molecule has 21 heavy (non-hydrogen) atoms. The van der Waals surface area contributed by atoms with Crippen molar-refractivity contribution in [2.24, 2.45) is 0 Å². The molecule has 1 N–H and O–H groups in total. The van der Waals surface area contributed by atoms with Gasteiger partial charge in [0.15, 0.2) is 16.3 Å². The second kappa shape index (κ2) is 5.16. The average Bonchev–Trinajstić information content (AvgIpc) is 2.76. The fourth-order valence-corrected chi connectivity index (χ4v) is 2.82. The van der Waals surface area contributed by atoms with Gasteiger partial charge >= 0.3 is 0 Å². The molecule has 3 aromatic rings. The second-order valence-corrected chi connectivity index (χ2v) is 5.45. The lowest BCUT2D eigenvalue weighted by Gasteiger charge is -2.10. The van der Waals surface area contributed by atoms with E-state index in [1.807, 2.05) is 29.7 Å². The number of aromatic amines is 1. The predicted octanol–water partition coefficient (Wildman–Crippen LogP) is 4.80. The van der Waals surface area contributed by atoms with Crippen LogP contribution >= 0.6 is 23.8 Å². The third-order valence-electron chi connectivity index (χ3n) is 3.44. The minimum absolute atomic E-state index is 0.171. The van der Waals surface area contributed by atoms with Gasteiger partial charge in [-0.05, 0) is 36.8 Å². The van der Waals surface area contributed by atoms with Crippen molar-refractivity contribution in [2.75, 3.05) is 7.11 Å². The SMILES string of the molecule is COc1cc2c(cc1F)[nH]c(=S)n2-c1cccc(Cl)c1C. The maximum atomic E-state index is 13.8. The summed E-state index contributed by atoms with van der Waals surface area (Å²) < 4.78 is 21.1. The first-order chi connectivity index (χ1) is 10.0. The maximum absolute atomic E-state index is 13.8. The van der Waals surface area contributed by atoms with E-state index in [0.29, 0.717) is 15.3 Å². The zero-order valence-corrected chi connectivity index (χ0v) is 13.0. The van der Waals surface area contributed by atoms with E-state index in [1.165, 1.54) is 13.2 Å². The van der Waals surface area contributed by atoms with E-state index in [0.717, 1.165) is 16.8 Å². The molecule has 0 saturated heterocycles. The number of hydrogen-bond acceptors (Lipinski definition) is 2. The van der Waals surface area contributed by atoms with Gasteiger partial charge in [-0.15, -0.1) is 0 Å². The summed E-state index contributed by atoms with van der Waals surface area (Å²) in [6.07, 6.45) is 0. The summed E-state index contributed by atoms with van der Waals surface area (Å²) in [5.41, 5.74) is 3.10. The summed E-state index contributed by atoms with van der Waals surface area (Å²) in [6.45, 7) is 1.92. The highest BCUT2D eigenvalue weighted by Crippen LogP contribution is 2.29. The fourth-order valence-electron chi connectivity index (χ4n) is 2.34. The van der Waals surface area contributed by atoms with Crippen molar-refractivity contribution in [1.82, 2.24) is 9.55 Å². The molecule has 3 nitrogen and oxygen atoms in total. The van der Waals surface area contributed by atoms with Crippen molar-refractivity contribution >= 4 is 34.9 Å². The number of ether oxygens (including phenoxy) is 1. The standard InChI is InChI=1S/C15H12ClFN2OS/c1-8-9(16)4-3-5-12(8)19-13-7-14(20-2)10(17)6-11(13)18-15(19)21/h3-7H,1-2H3,(H,18,21). The molecule has 0 fully saturated rings. The number of fused-ring (bicyclic) bond motifs is 1. The summed E-state index contributed by atoms with van der Waals surface area (Å²) in [5, 5.41) is 0.651. The van der Waals surface area contributed by atoms with E-state index >= 15 is 0 Å². The predicted molar refractivity (Wildman–Crippen MR) is 84.7 cm³/mol. The number of benzene rings is 2. The zero-order valence-electron chi connectivity index (χ0n) is 11.4. The van der Waals surface area contributed by atoms with E-state index in [1.54, 1.807) is 6.07 Å². The highest BCUT2D eigenvalue weighted by atomic mass is 35.5. The number of nitrogens with zero attached hydrogens (tertiary/aromatic N) is 1. The van der Waals surface area contributed by atoms with Crippen LogP contribution in [0.4, 0.5) is 4.39 Å². The van der Waals surface area contributed by atoms with E-state index < -0.39 is 5.82 Å². The van der Waals surface area contributed by atoms with Crippen molar-refractivity contribution in [3.63, 3.8) is 0 Å². The Morgan fingerprint density at radius 3 is 2.81 bits per heavy atom. The van der Waals surface area contributed by atoms with Gasteiger partial charge in [0.1, 0.15) is 0 Å². The Hall–Kier alpha value is -1.85. The van der Waals surface area contributed by atoms with Gasteiger partial charge in [-0.25, -0.2) is 4.39 Å². The third kappa shape index (κ3) is 2.22. The number of imidazole rings is 1. The molecule has 0 bridgehead atoms. The first-order valence-electron chi connectivity index (χ1n) is 6.26. The molecule has 0 aliphatic carbocycles. The zero-order chi connectivity index (χ0) is 15.1. The number of aromatic nitrogens is 2. The third-order valence-corrected chi connectivity index (χ3v) is 4.13. The number of halogens is 2. The molecule has 108 valence electrons.